The fraction of sp³-hybridized carbons (Fsp3) is 0.360. The summed E-state index contributed by atoms with van der Waals surface area (Å²) in [6.07, 6.45) is -2.38. The number of hydrogen-bond donors (Lipinski definition) is 1. The molecule has 1 spiro atoms. The number of piperidine rings is 1. The predicted octanol–water partition coefficient (Wildman–Crippen LogP) is 4.89. The molecule has 2 aromatic heterocycles. The molecule has 2 aliphatic heterocycles. The van der Waals surface area contributed by atoms with Gasteiger partial charge in [-0.1, -0.05) is 12.1 Å². The topological polar surface area (TPSA) is 67.6 Å². The highest BCUT2D eigenvalue weighted by molar-refractivity contribution is 5.94. The number of nitrogens with zero attached hydrogens (tertiary/aromatic N) is 3. The summed E-state index contributed by atoms with van der Waals surface area (Å²) >= 11 is 0. The van der Waals surface area contributed by atoms with Crippen molar-refractivity contribution < 1.29 is 29.2 Å². The van der Waals surface area contributed by atoms with E-state index in [9.17, 15) is 23.1 Å². The summed E-state index contributed by atoms with van der Waals surface area (Å²) in [5.41, 5.74) is -0.927. The Morgan fingerprint density at radius 2 is 1.76 bits per heavy atom. The minimum Gasteiger partial charge on any atom is -0.463 e. The molecule has 0 aliphatic carbocycles. The zero-order valence-electron chi connectivity index (χ0n) is 18.8. The molecular formula is C25H26F3N3O3. The average Bonchev–Trinajstić information content (AvgIpc) is 3.26. The van der Waals surface area contributed by atoms with Gasteiger partial charge < -0.3 is 19.3 Å². The number of fused-ring (bicyclic) bond motifs is 4. The van der Waals surface area contributed by atoms with Crippen molar-refractivity contribution in [1.29, 1.82) is 0 Å². The summed E-state index contributed by atoms with van der Waals surface area (Å²) in [6, 6.07) is 12.5. The lowest BCUT2D eigenvalue weighted by Gasteiger charge is -2.44. The van der Waals surface area contributed by atoms with Crippen LogP contribution in [-0.4, -0.2) is 38.6 Å². The zero-order valence-corrected chi connectivity index (χ0v) is 18.8. The van der Waals surface area contributed by atoms with Gasteiger partial charge >= 0.3 is 6.18 Å². The van der Waals surface area contributed by atoms with Crippen molar-refractivity contribution in [2.75, 3.05) is 13.1 Å². The maximum atomic E-state index is 13.8. The van der Waals surface area contributed by atoms with E-state index in [0.29, 0.717) is 42.8 Å². The van der Waals surface area contributed by atoms with Gasteiger partial charge in [-0.3, -0.25) is 4.79 Å². The quantitative estimate of drug-likeness (QED) is 0.576. The molecule has 9 heteroatoms. The molecule has 0 bridgehead atoms. The van der Waals surface area contributed by atoms with E-state index in [1.165, 1.54) is 16.8 Å². The Morgan fingerprint density at radius 3 is 2.38 bits per heavy atom. The largest absolute Gasteiger partial charge is 0.463 e. The van der Waals surface area contributed by atoms with Crippen molar-refractivity contribution in [3.8, 4) is 11.6 Å². The second kappa shape index (κ2) is 7.59. The van der Waals surface area contributed by atoms with Gasteiger partial charge in [0.1, 0.15) is 11.4 Å². The first-order valence-corrected chi connectivity index (χ1v) is 11.1. The molecule has 0 atom stereocenters. The lowest BCUT2D eigenvalue weighted by molar-refractivity contribution is -0.143. The maximum absolute atomic E-state index is 13.8. The molecule has 6 nitrogen and oxygen atoms in total. The van der Waals surface area contributed by atoms with Crippen LogP contribution >= 0.6 is 0 Å². The number of benzene rings is 1. The van der Waals surface area contributed by atoms with Gasteiger partial charge in [-0.05, 0) is 55.8 Å². The first-order valence-electron chi connectivity index (χ1n) is 11.1. The Balaban J connectivity index is 0.00000289. The van der Waals surface area contributed by atoms with Crippen LogP contribution in [0.2, 0.25) is 0 Å². The number of carbonyl (C=O) groups is 1. The highest BCUT2D eigenvalue weighted by atomic mass is 19.4. The number of ether oxygens (including phenoxy) is 1. The monoisotopic (exact) mass is 473 g/mol. The highest BCUT2D eigenvalue weighted by Crippen LogP contribution is 2.47. The number of rotatable bonds is 2. The molecule has 0 saturated carbocycles. The zero-order chi connectivity index (χ0) is 24.3. The molecule has 1 aromatic carbocycles. The number of pyridine rings is 1. The van der Waals surface area contributed by atoms with E-state index >= 15 is 0 Å². The first-order chi connectivity index (χ1) is 16.0. The molecule has 1 N–H and O–H groups in total. The fourth-order valence-corrected chi connectivity index (χ4v) is 4.77. The van der Waals surface area contributed by atoms with Gasteiger partial charge in [-0.15, -0.1) is 0 Å². The van der Waals surface area contributed by atoms with Crippen LogP contribution in [-0.2, 0) is 17.4 Å². The smallest absolute Gasteiger partial charge is 0.431 e. The maximum Gasteiger partial charge on any atom is 0.431 e. The van der Waals surface area contributed by atoms with E-state index in [4.69, 9.17) is 4.74 Å². The molecule has 3 aromatic rings. The van der Waals surface area contributed by atoms with Gasteiger partial charge in [-0.2, -0.15) is 13.2 Å². The summed E-state index contributed by atoms with van der Waals surface area (Å²) < 4.78 is 48.7. The molecule has 180 valence electrons. The number of likely N-dealkylation sites (tertiary alicyclic amines) is 1. The number of amides is 1. The van der Waals surface area contributed by atoms with E-state index in [2.05, 4.69) is 4.98 Å². The Hall–Kier alpha value is -3.33. The Morgan fingerprint density at radius 1 is 1.09 bits per heavy atom. The van der Waals surface area contributed by atoms with Gasteiger partial charge in [0.05, 0.1) is 11.3 Å². The standard InChI is InChI=1S/C25H24F3N3O3.H2/c1-23(2,33)17-7-5-16(6-8-17)22(32)30-14-11-24(12-15-30)19-9-10-20(25(26,27)28)31(19)18-4-3-13-29-21(18)34-24;/h3-10,13,33H,11-12,14-15H2,1-2H3;1H. The van der Waals surface area contributed by atoms with Crippen LogP contribution in [0.5, 0.6) is 5.88 Å². The first kappa shape index (κ1) is 22.5. The van der Waals surface area contributed by atoms with Crippen molar-refractivity contribution in [3.05, 3.63) is 77.2 Å². The number of halogens is 3. The van der Waals surface area contributed by atoms with Gasteiger partial charge in [-0.25, -0.2) is 4.98 Å². The van der Waals surface area contributed by atoms with Crippen LogP contribution in [0.4, 0.5) is 13.2 Å². The fourth-order valence-electron chi connectivity index (χ4n) is 4.77. The third-order valence-corrected chi connectivity index (χ3v) is 6.62. The molecule has 2 aliphatic rings. The number of aliphatic hydroxyl groups is 1. The number of hydrogen-bond acceptors (Lipinski definition) is 4. The van der Waals surface area contributed by atoms with Crippen molar-refractivity contribution in [2.45, 2.75) is 44.1 Å². The minimum atomic E-state index is -4.53. The van der Waals surface area contributed by atoms with Crippen molar-refractivity contribution >= 4 is 5.91 Å². The Labute approximate surface area is 196 Å². The third-order valence-electron chi connectivity index (χ3n) is 6.62. The summed E-state index contributed by atoms with van der Waals surface area (Å²) in [5.74, 6) is -0.0171. The number of alkyl halides is 3. The van der Waals surface area contributed by atoms with Crippen LogP contribution in [0.15, 0.2) is 54.7 Å². The second-order valence-electron chi connectivity index (χ2n) is 9.29. The number of aromatic nitrogens is 2. The van der Waals surface area contributed by atoms with E-state index in [0.717, 1.165) is 6.07 Å². The molecule has 1 saturated heterocycles. The van der Waals surface area contributed by atoms with E-state index in [-0.39, 0.29) is 18.9 Å². The van der Waals surface area contributed by atoms with Crippen molar-refractivity contribution in [1.82, 2.24) is 14.5 Å². The molecule has 0 radical (unpaired) electrons. The van der Waals surface area contributed by atoms with Crippen molar-refractivity contribution in [3.63, 3.8) is 0 Å². The minimum absolute atomic E-state index is 0. The van der Waals surface area contributed by atoms with Gasteiger partial charge in [0, 0.05) is 39.1 Å². The summed E-state index contributed by atoms with van der Waals surface area (Å²) in [7, 11) is 0. The van der Waals surface area contributed by atoms with Gasteiger partial charge in [0.15, 0.2) is 5.60 Å². The SMILES string of the molecule is CC(C)(O)c1ccc(C(=O)N2CCC3(CC2)Oc2ncccc2-n2c(C(F)(F)F)ccc23)cc1.[HH]. The molecule has 5 rings (SSSR count). The van der Waals surface area contributed by atoms with Crippen LogP contribution in [0, 0.1) is 0 Å². The van der Waals surface area contributed by atoms with Gasteiger partial charge in [0.2, 0.25) is 5.88 Å². The lowest BCUT2D eigenvalue weighted by atomic mass is 9.86. The van der Waals surface area contributed by atoms with Crippen LogP contribution in [0.3, 0.4) is 0 Å². The van der Waals surface area contributed by atoms with E-state index < -0.39 is 23.1 Å². The molecule has 34 heavy (non-hydrogen) atoms. The highest BCUT2D eigenvalue weighted by Gasteiger charge is 2.48. The molecule has 0 unspecified atom stereocenters. The van der Waals surface area contributed by atoms with Crippen molar-refractivity contribution in [2.24, 2.45) is 0 Å². The van der Waals surface area contributed by atoms with E-state index in [1.807, 2.05) is 0 Å². The average molecular weight is 473 g/mol. The summed E-state index contributed by atoms with van der Waals surface area (Å²) in [5, 5.41) is 10.1. The van der Waals surface area contributed by atoms with E-state index in [1.54, 1.807) is 55.1 Å². The normalized spacial score (nSPS) is 17.2. The third kappa shape index (κ3) is 3.64. The summed E-state index contributed by atoms with van der Waals surface area (Å²) in [4.78, 5) is 18.9. The van der Waals surface area contributed by atoms with Crippen LogP contribution in [0.1, 0.15) is 55.4 Å². The molecular weight excluding hydrogens is 447 g/mol. The second-order valence-corrected chi connectivity index (χ2v) is 9.29. The van der Waals surface area contributed by atoms with Gasteiger partial charge in [0.25, 0.3) is 5.91 Å². The Bertz CT molecular complexity index is 1240. The Kier molecular flexibility index (Phi) is 5.02. The molecule has 1 fully saturated rings. The molecule has 1 amide bonds. The lowest BCUT2D eigenvalue weighted by Crippen LogP contribution is -2.50. The summed E-state index contributed by atoms with van der Waals surface area (Å²) in [6.45, 7) is 3.98. The predicted molar refractivity (Wildman–Crippen MR) is 120 cm³/mol. The van der Waals surface area contributed by atoms with Crippen LogP contribution < -0.4 is 4.74 Å². The number of carbonyl (C=O) groups excluding carboxylic acids is 1. The molecule has 4 heterocycles. The van der Waals surface area contributed by atoms with Crippen LogP contribution in [0.25, 0.3) is 5.69 Å².